The van der Waals surface area contributed by atoms with E-state index in [1.807, 2.05) is 24.8 Å². The Kier molecular flexibility index (Phi) is 5.50. The van der Waals surface area contributed by atoms with Crippen LogP contribution in [0.2, 0.25) is 0 Å². The highest BCUT2D eigenvalue weighted by Crippen LogP contribution is 2.31. The molecule has 0 amide bonds. The van der Waals surface area contributed by atoms with Crippen molar-refractivity contribution in [1.29, 1.82) is 0 Å². The summed E-state index contributed by atoms with van der Waals surface area (Å²) in [4.78, 5) is 31.5. The van der Waals surface area contributed by atoms with Crippen molar-refractivity contribution < 1.29 is 9.84 Å². The number of anilines is 2. The number of nitrogens with one attached hydrogen (secondary N) is 1. The zero-order valence-corrected chi connectivity index (χ0v) is 15.8. The molecule has 2 N–H and O–H groups in total. The zero-order chi connectivity index (χ0) is 19.6. The van der Waals surface area contributed by atoms with Crippen LogP contribution in [0.25, 0.3) is 0 Å². The molecule has 1 atom stereocenters. The van der Waals surface area contributed by atoms with Gasteiger partial charge < -0.3 is 20.1 Å². The van der Waals surface area contributed by atoms with Gasteiger partial charge in [-0.1, -0.05) is 6.92 Å². The third-order valence-electron chi connectivity index (χ3n) is 4.46. The van der Waals surface area contributed by atoms with E-state index >= 15 is 0 Å². The highest BCUT2D eigenvalue weighted by molar-refractivity contribution is 5.71. The first-order valence-corrected chi connectivity index (χ1v) is 9.04. The lowest BCUT2D eigenvalue weighted by Gasteiger charge is -2.26. The molecule has 2 aromatic rings. The monoisotopic (exact) mass is 375 g/mol. The maximum Gasteiger partial charge on any atom is 0.332 e. The minimum absolute atomic E-state index is 0.0876. The van der Waals surface area contributed by atoms with Crippen LogP contribution in [0.15, 0.2) is 28.0 Å². The highest BCUT2D eigenvalue weighted by atomic mass is 16.5. The van der Waals surface area contributed by atoms with Crippen molar-refractivity contribution in [2.45, 2.75) is 39.6 Å². The van der Waals surface area contributed by atoms with Crippen LogP contribution in [-0.2, 0) is 13.6 Å². The molecule has 3 rings (SSSR count). The molecule has 0 saturated carbocycles. The van der Waals surface area contributed by atoms with E-state index in [4.69, 9.17) is 9.84 Å². The standard InChI is InChI=1S/C18H25N5O4/c1-4-6-22-14-15(20-17(22)27-13-9-12(2)10-19-11-13)21(3)18(26)23(16(14)25)7-5-8-24/h9-11,17,20,24H,4-8H2,1-3H3. The van der Waals surface area contributed by atoms with E-state index in [1.165, 1.54) is 4.57 Å². The molecule has 0 fully saturated rings. The lowest BCUT2D eigenvalue weighted by atomic mass is 10.3. The van der Waals surface area contributed by atoms with E-state index in [0.29, 0.717) is 30.2 Å². The highest BCUT2D eigenvalue weighted by Gasteiger charge is 2.35. The lowest BCUT2D eigenvalue weighted by molar-refractivity contribution is 0.228. The number of pyridine rings is 1. The molecule has 1 aliphatic heterocycles. The van der Waals surface area contributed by atoms with Gasteiger partial charge >= 0.3 is 5.69 Å². The van der Waals surface area contributed by atoms with Gasteiger partial charge in [0.2, 0.25) is 0 Å². The first-order valence-electron chi connectivity index (χ1n) is 9.04. The Morgan fingerprint density at radius 3 is 2.74 bits per heavy atom. The van der Waals surface area contributed by atoms with Gasteiger partial charge in [-0.25, -0.2) is 4.79 Å². The third-order valence-corrected chi connectivity index (χ3v) is 4.46. The van der Waals surface area contributed by atoms with E-state index < -0.39 is 12.0 Å². The quantitative estimate of drug-likeness (QED) is 0.732. The Labute approximate surface area is 156 Å². The number of hydrogen-bond acceptors (Lipinski definition) is 7. The molecule has 146 valence electrons. The van der Waals surface area contributed by atoms with Gasteiger partial charge in [0.05, 0.1) is 6.20 Å². The fourth-order valence-corrected chi connectivity index (χ4v) is 3.20. The molecule has 0 spiro atoms. The summed E-state index contributed by atoms with van der Waals surface area (Å²) in [6.07, 6.45) is 3.86. The number of fused-ring (bicyclic) bond motifs is 1. The average Bonchev–Trinajstić information content (AvgIpc) is 2.99. The molecule has 0 bridgehead atoms. The van der Waals surface area contributed by atoms with Crippen LogP contribution in [-0.4, -0.2) is 38.7 Å². The van der Waals surface area contributed by atoms with Crippen molar-refractivity contribution in [3.8, 4) is 5.75 Å². The number of aromatic nitrogens is 3. The molecule has 9 heteroatoms. The van der Waals surface area contributed by atoms with Gasteiger partial charge in [0.1, 0.15) is 17.3 Å². The summed E-state index contributed by atoms with van der Waals surface area (Å²) in [5, 5.41) is 12.2. The van der Waals surface area contributed by atoms with Gasteiger partial charge in [-0.2, -0.15) is 0 Å². The third kappa shape index (κ3) is 3.55. The van der Waals surface area contributed by atoms with Crippen LogP contribution in [0, 0.1) is 6.92 Å². The predicted octanol–water partition coefficient (Wildman–Crippen LogP) is 0.637. The Balaban J connectivity index is 2.03. The summed E-state index contributed by atoms with van der Waals surface area (Å²) in [6.45, 7) is 4.59. The lowest BCUT2D eigenvalue weighted by Crippen LogP contribution is -2.44. The van der Waals surface area contributed by atoms with Crippen molar-refractivity contribution in [2.24, 2.45) is 7.05 Å². The number of ether oxygens (including phenoxy) is 1. The van der Waals surface area contributed by atoms with Crippen molar-refractivity contribution in [3.05, 3.63) is 44.9 Å². The Hall–Kier alpha value is -2.81. The maximum absolute atomic E-state index is 13.0. The summed E-state index contributed by atoms with van der Waals surface area (Å²) in [7, 11) is 1.61. The topological polar surface area (TPSA) is 102 Å². The Bertz CT molecular complexity index is 936. The van der Waals surface area contributed by atoms with E-state index in [9.17, 15) is 9.59 Å². The van der Waals surface area contributed by atoms with Gasteiger partial charge in [0.25, 0.3) is 11.9 Å². The van der Waals surface area contributed by atoms with Crippen molar-refractivity contribution in [1.82, 2.24) is 14.1 Å². The molecule has 2 aromatic heterocycles. The summed E-state index contributed by atoms with van der Waals surface area (Å²) >= 11 is 0. The first kappa shape index (κ1) is 19.0. The first-order chi connectivity index (χ1) is 13.0. The number of hydrogen-bond donors (Lipinski definition) is 2. The number of aryl methyl sites for hydroxylation is 1. The van der Waals surface area contributed by atoms with E-state index in [-0.39, 0.29) is 18.7 Å². The van der Waals surface area contributed by atoms with Crippen LogP contribution in [0.4, 0.5) is 11.5 Å². The summed E-state index contributed by atoms with van der Waals surface area (Å²) in [5.41, 5.74) is 0.566. The minimum atomic E-state index is -0.615. The molecule has 0 saturated heterocycles. The fourth-order valence-electron chi connectivity index (χ4n) is 3.20. The van der Waals surface area contributed by atoms with Crippen molar-refractivity contribution in [2.75, 3.05) is 23.4 Å². The van der Waals surface area contributed by atoms with E-state index in [0.717, 1.165) is 16.6 Å². The Morgan fingerprint density at radius 2 is 2.07 bits per heavy atom. The van der Waals surface area contributed by atoms with Gasteiger partial charge in [-0.05, 0) is 31.4 Å². The summed E-state index contributed by atoms with van der Waals surface area (Å²) < 4.78 is 8.60. The molecule has 1 unspecified atom stereocenters. The molecule has 0 aliphatic carbocycles. The fraction of sp³-hybridized carbons (Fsp3) is 0.500. The van der Waals surface area contributed by atoms with Gasteiger partial charge in [-0.15, -0.1) is 0 Å². The van der Waals surface area contributed by atoms with Crippen LogP contribution in [0.1, 0.15) is 25.3 Å². The molecule has 0 aromatic carbocycles. The van der Waals surface area contributed by atoms with Crippen molar-refractivity contribution >= 4 is 11.5 Å². The maximum atomic E-state index is 13.0. The SMILES string of the molecule is CCCN1c2c(n(C)c(=O)n(CCCO)c2=O)NC1Oc1cncc(C)c1. The van der Waals surface area contributed by atoms with E-state index in [1.54, 1.807) is 19.4 Å². The van der Waals surface area contributed by atoms with Crippen LogP contribution >= 0.6 is 0 Å². The number of rotatable bonds is 7. The zero-order valence-electron chi connectivity index (χ0n) is 15.8. The van der Waals surface area contributed by atoms with Crippen LogP contribution in [0.5, 0.6) is 5.75 Å². The van der Waals surface area contributed by atoms with Gasteiger partial charge in [0, 0.05) is 32.9 Å². The molecule has 0 radical (unpaired) electrons. The smallest absolute Gasteiger partial charge is 0.332 e. The van der Waals surface area contributed by atoms with Crippen LogP contribution < -0.4 is 26.2 Å². The molecule has 3 heterocycles. The second-order valence-corrected chi connectivity index (χ2v) is 6.58. The largest absolute Gasteiger partial charge is 0.451 e. The number of aliphatic hydroxyl groups is 1. The molecule has 1 aliphatic rings. The molecular weight excluding hydrogens is 350 g/mol. The van der Waals surface area contributed by atoms with Crippen LogP contribution in [0.3, 0.4) is 0 Å². The minimum Gasteiger partial charge on any atom is -0.451 e. The van der Waals surface area contributed by atoms with Crippen molar-refractivity contribution in [3.63, 3.8) is 0 Å². The van der Waals surface area contributed by atoms with Gasteiger partial charge in [-0.3, -0.25) is 18.9 Å². The second kappa shape index (κ2) is 7.83. The predicted molar refractivity (Wildman–Crippen MR) is 102 cm³/mol. The molecule has 27 heavy (non-hydrogen) atoms. The average molecular weight is 375 g/mol. The van der Waals surface area contributed by atoms with Gasteiger partial charge in [0.15, 0.2) is 0 Å². The van der Waals surface area contributed by atoms with E-state index in [2.05, 4.69) is 10.3 Å². The second-order valence-electron chi connectivity index (χ2n) is 6.58. The summed E-state index contributed by atoms with van der Waals surface area (Å²) in [5.74, 6) is 1.01. The Morgan fingerprint density at radius 1 is 1.30 bits per heavy atom. The molecular formula is C18H25N5O4. The molecule has 9 nitrogen and oxygen atoms in total. The summed E-state index contributed by atoms with van der Waals surface area (Å²) in [6, 6.07) is 1.86. The number of nitrogens with zero attached hydrogens (tertiary/aromatic N) is 4. The number of aliphatic hydroxyl groups excluding tert-OH is 1. The normalized spacial score (nSPS) is 15.6.